The van der Waals surface area contributed by atoms with Crippen molar-refractivity contribution >= 4 is 0 Å². The molecule has 18 heavy (non-hydrogen) atoms. The van der Waals surface area contributed by atoms with Crippen molar-refractivity contribution < 1.29 is 0 Å². The predicted octanol–water partition coefficient (Wildman–Crippen LogP) is 2.64. The van der Waals surface area contributed by atoms with E-state index in [1.54, 1.807) is 6.20 Å². The Bertz CT molecular complexity index is 510. The second-order valence-corrected chi connectivity index (χ2v) is 4.73. The number of fused-ring (bicyclic) bond motifs is 1. The molecule has 0 aliphatic heterocycles. The van der Waals surface area contributed by atoms with Crippen molar-refractivity contribution in [1.29, 1.82) is 0 Å². The van der Waals surface area contributed by atoms with Gasteiger partial charge >= 0.3 is 0 Å². The Kier molecular flexibility index (Phi) is 3.33. The van der Waals surface area contributed by atoms with Crippen LogP contribution in [0.25, 0.3) is 0 Å². The van der Waals surface area contributed by atoms with Gasteiger partial charge in [-0.05, 0) is 42.5 Å². The molecule has 1 aliphatic carbocycles. The van der Waals surface area contributed by atoms with Crippen LogP contribution in [0.2, 0.25) is 0 Å². The van der Waals surface area contributed by atoms with Crippen LogP contribution in [-0.2, 0) is 13.0 Å². The van der Waals surface area contributed by atoms with Gasteiger partial charge in [0, 0.05) is 25.1 Å². The molecule has 1 unspecified atom stereocenters. The number of pyridine rings is 2. The van der Waals surface area contributed by atoms with Gasteiger partial charge < -0.3 is 5.32 Å². The first-order chi connectivity index (χ1) is 8.93. The van der Waals surface area contributed by atoms with Gasteiger partial charge in [-0.3, -0.25) is 9.97 Å². The quantitative estimate of drug-likeness (QED) is 0.894. The molecule has 3 rings (SSSR count). The maximum atomic E-state index is 4.53. The normalized spacial score (nSPS) is 18.3. The summed E-state index contributed by atoms with van der Waals surface area (Å²) in [5.74, 6) is 0. The Morgan fingerprint density at radius 2 is 2.17 bits per heavy atom. The maximum absolute atomic E-state index is 4.53. The summed E-state index contributed by atoms with van der Waals surface area (Å²) in [6, 6.07) is 8.68. The van der Waals surface area contributed by atoms with Gasteiger partial charge in [0.25, 0.3) is 0 Å². The van der Waals surface area contributed by atoms with Crippen molar-refractivity contribution in [2.75, 3.05) is 0 Å². The highest BCUT2D eigenvalue weighted by Crippen LogP contribution is 2.27. The fourth-order valence-electron chi connectivity index (χ4n) is 2.55. The summed E-state index contributed by atoms with van der Waals surface area (Å²) in [5.41, 5.74) is 3.85. The molecular weight excluding hydrogens is 222 g/mol. The van der Waals surface area contributed by atoms with Crippen LogP contribution in [0.4, 0.5) is 0 Å². The molecular formula is C15H17N3. The minimum Gasteiger partial charge on any atom is -0.304 e. The van der Waals surface area contributed by atoms with E-state index in [9.17, 15) is 0 Å². The van der Waals surface area contributed by atoms with Crippen LogP contribution in [0.3, 0.4) is 0 Å². The Morgan fingerprint density at radius 1 is 1.22 bits per heavy atom. The van der Waals surface area contributed by atoms with E-state index in [1.807, 2.05) is 24.5 Å². The predicted molar refractivity (Wildman–Crippen MR) is 71.0 cm³/mol. The SMILES string of the molecule is c1cncc(CNC2CCCc3cccnc32)c1. The molecule has 1 atom stereocenters. The highest BCUT2D eigenvalue weighted by molar-refractivity contribution is 5.25. The summed E-state index contributed by atoms with van der Waals surface area (Å²) in [5, 5.41) is 3.59. The van der Waals surface area contributed by atoms with Gasteiger partial charge in [0.05, 0.1) is 11.7 Å². The molecule has 2 heterocycles. The third-order valence-electron chi connectivity index (χ3n) is 3.47. The summed E-state index contributed by atoms with van der Waals surface area (Å²) < 4.78 is 0. The molecule has 0 saturated heterocycles. The molecule has 2 aromatic rings. The van der Waals surface area contributed by atoms with E-state index < -0.39 is 0 Å². The number of aromatic nitrogens is 2. The number of nitrogens with one attached hydrogen (secondary N) is 1. The van der Waals surface area contributed by atoms with Gasteiger partial charge in [-0.2, -0.15) is 0 Å². The van der Waals surface area contributed by atoms with E-state index >= 15 is 0 Å². The van der Waals surface area contributed by atoms with Crippen molar-refractivity contribution in [3.63, 3.8) is 0 Å². The average Bonchev–Trinajstić information content (AvgIpc) is 2.46. The second-order valence-electron chi connectivity index (χ2n) is 4.73. The van der Waals surface area contributed by atoms with Crippen LogP contribution in [0.1, 0.15) is 35.7 Å². The Balaban J connectivity index is 1.71. The van der Waals surface area contributed by atoms with Crippen LogP contribution >= 0.6 is 0 Å². The zero-order chi connectivity index (χ0) is 12.2. The number of hydrogen-bond donors (Lipinski definition) is 1. The third kappa shape index (κ3) is 2.41. The lowest BCUT2D eigenvalue weighted by atomic mass is 9.92. The maximum Gasteiger partial charge on any atom is 0.0605 e. The van der Waals surface area contributed by atoms with Crippen LogP contribution in [0.15, 0.2) is 42.9 Å². The first-order valence-corrected chi connectivity index (χ1v) is 6.49. The number of nitrogens with zero attached hydrogens (tertiary/aromatic N) is 2. The topological polar surface area (TPSA) is 37.8 Å². The molecule has 0 bridgehead atoms. The molecule has 3 heteroatoms. The molecule has 1 aliphatic rings. The molecule has 92 valence electrons. The Hall–Kier alpha value is -1.74. The second kappa shape index (κ2) is 5.27. The van der Waals surface area contributed by atoms with E-state index in [-0.39, 0.29) is 0 Å². The zero-order valence-electron chi connectivity index (χ0n) is 10.3. The van der Waals surface area contributed by atoms with E-state index in [0.29, 0.717) is 6.04 Å². The van der Waals surface area contributed by atoms with E-state index in [4.69, 9.17) is 0 Å². The Morgan fingerprint density at radius 3 is 3.06 bits per heavy atom. The standard InChI is InChI=1S/C15H17N3/c1-5-13-6-3-9-17-15(13)14(7-1)18-11-12-4-2-8-16-10-12/h2-4,6,8-10,14,18H,1,5,7,11H2. The molecule has 3 nitrogen and oxygen atoms in total. The van der Waals surface area contributed by atoms with Crippen molar-refractivity contribution in [2.45, 2.75) is 31.8 Å². The molecule has 0 radical (unpaired) electrons. The van der Waals surface area contributed by atoms with E-state index in [0.717, 1.165) is 13.0 Å². The number of rotatable bonds is 3. The lowest BCUT2D eigenvalue weighted by molar-refractivity contribution is 0.447. The monoisotopic (exact) mass is 239 g/mol. The van der Waals surface area contributed by atoms with Gasteiger partial charge in [0.2, 0.25) is 0 Å². The zero-order valence-corrected chi connectivity index (χ0v) is 10.3. The minimum atomic E-state index is 0.384. The van der Waals surface area contributed by atoms with Crippen LogP contribution in [0.5, 0.6) is 0 Å². The molecule has 0 aromatic carbocycles. The lowest BCUT2D eigenvalue weighted by Crippen LogP contribution is -2.25. The summed E-state index contributed by atoms with van der Waals surface area (Å²) in [4.78, 5) is 8.67. The van der Waals surface area contributed by atoms with E-state index in [2.05, 4.69) is 27.4 Å². The molecule has 0 spiro atoms. The fraction of sp³-hybridized carbons (Fsp3) is 0.333. The highest BCUT2D eigenvalue weighted by atomic mass is 14.9. The summed E-state index contributed by atoms with van der Waals surface area (Å²) in [6.45, 7) is 0.856. The van der Waals surface area contributed by atoms with Crippen molar-refractivity contribution in [1.82, 2.24) is 15.3 Å². The largest absolute Gasteiger partial charge is 0.304 e. The van der Waals surface area contributed by atoms with E-state index in [1.165, 1.54) is 29.7 Å². The number of hydrogen-bond acceptors (Lipinski definition) is 3. The summed E-state index contributed by atoms with van der Waals surface area (Å²) in [6.07, 6.45) is 9.18. The minimum absolute atomic E-state index is 0.384. The third-order valence-corrected chi connectivity index (χ3v) is 3.47. The van der Waals surface area contributed by atoms with Crippen LogP contribution in [-0.4, -0.2) is 9.97 Å². The first-order valence-electron chi connectivity index (χ1n) is 6.49. The molecule has 1 N–H and O–H groups in total. The van der Waals surface area contributed by atoms with Gasteiger partial charge in [-0.25, -0.2) is 0 Å². The molecule has 2 aromatic heterocycles. The molecule has 0 fully saturated rings. The smallest absolute Gasteiger partial charge is 0.0605 e. The van der Waals surface area contributed by atoms with Crippen molar-refractivity contribution in [3.8, 4) is 0 Å². The van der Waals surface area contributed by atoms with Gasteiger partial charge in [-0.1, -0.05) is 12.1 Å². The van der Waals surface area contributed by atoms with Crippen molar-refractivity contribution in [2.24, 2.45) is 0 Å². The van der Waals surface area contributed by atoms with Crippen LogP contribution in [0, 0.1) is 0 Å². The van der Waals surface area contributed by atoms with Crippen molar-refractivity contribution in [3.05, 3.63) is 59.7 Å². The lowest BCUT2D eigenvalue weighted by Gasteiger charge is -2.25. The Labute approximate surface area is 107 Å². The molecule has 0 amide bonds. The average molecular weight is 239 g/mol. The van der Waals surface area contributed by atoms with Gasteiger partial charge in [0.1, 0.15) is 0 Å². The fourth-order valence-corrected chi connectivity index (χ4v) is 2.55. The van der Waals surface area contributed by atoms with Gasteiger partial charge in [-0.15, -0.1) is 0 Å². The van der Waals surface area contributed by atoms with Crippen LogP contribution < -0.4 is 5.32 Å². The van der Waals surface area contributed by atoms with Gasteiger partial charge in [0.15, 0.2) is 0 Å². The number of aryl methyl sites for hydroxylation is 1. The highest BCUT2D eigenvalue weighted by Gasteiger charge is 2.20. The summed E-state index contributed by atoms with van der Waals surface area (Å²) in [7, 11) is 0. The molecule has 0 saturated carbocycles. The summed E-state index contributed by atoms with van der Waals surface area (Å²) >= 11 is 0. The first kappa shape index (κ1) is 11.4.